The summed E-state index contributed by atoms with van der Waals surface area (Å²) < 4.78 is 68.4. The lowest BCUT2D eigenvalue weighted by molar-refractivity contribution is -0.161. The van der Waals surface area contributed by atoms with Crippen molar-refractivity contribution in [1.29, 1.82) is 0 Å². The number of carbonyl (C=O) groups excluding carboxylic acids is 4. The van der Waals surface area contributed by atoms with Crippen molar-refractivity contribution in [2.45, 2.75) is 438 Å². The number of hydrogen-bond donors (Lipinski definition) is 3. The molecule has 0 rings (SSSR count). The maximum absolute atomic E-state index is 13.1. The number of aliphatic hydroxyl groups is 1. The van der Waals surface area contributed by atoms with Gasteiger partial charge in [-0.25, -0.2) is 9.13 Å². The molecule has 0 aliphatic rings. The van der Waals surface area contributed by atoms with E-state index in [2.05, 4.69) is 34.6 Å². The number of phosphoric ester groups is 2. The van der Waals surface area contributed by atoms with Crippen LogP contribution in [0, 0.1) is 5.92 Å². The minimum absolute atomic E-state index is 0.106. The Hall–Kier alpha value is -1.94. The summed E-state index contributed by atoms with van der Waals surface area (Å²) in [5.74, 6) is -1.29. The third kappa shape index (κ3) is 72.4. The van der Waals surface area contributed by atoms with Crippen LogP contribution in [-0.2, 0) is 65.4 Å². The zero-order valence-electron chi connectivity index (χ0n) is 63.9. The van der Waals surface area contributed by atoms with Gasteiger partial charge in [-0.3, -0.25) is 37.3 Å². The molecule has 582 valence electrons. The Kier molecular flexibility index (Phi) is 70.6. The summed E-state index contributed by atoms with van der Waals surface area (Å²) in [5, 5.41) is 10.6. The molecule has 98 heavy (non-hydrogen) atoms. The summed E-state index contributed by atoms with van der Waals surface area (Å²) in [7, 11) is -9.90. The molecule has 0 amide bonds. The van der Waals surface area contributed by atoms with Gasteiger partial charge in [-0.05, 0) is 31.6 Å². The highest BCUT2D eigenvalue weighted by Crippen LogP contribution is 2.45. The first-order valence-corrected chi connectivity index (χ1v) is 44.1. The highest BCUT2D eigenvalue weighted by Gasteiger charge is 2.30. The molecule has 17 nitrogen and oxygen atoms in total. The Morgan fingerprint density at radius 1 is 0.276 bits per heavy atom. The topological polar surface area (TPSA) is 237 Å². The molecule has 0 aromatic heterocycles. The van der Waals surface area contributed by atoms with E-state index in [9.17, 15) is 43.2 Å². The van der Waals surface area contributed by atoms with Crippen molar-refractivity contribution >= 4 is 39.5 Å². The Bertz CT molecular complexity index is 1870. The average Bonchev–Trinajstić information content (AvgIpc) is 0.978. The molecule has 0 aliphatic carbocycles. The predicted octanol–water partition coefficient (Wildman–Crippen LogP) is 23.6. The number of rotatable bonds is 79. The van der Waals surface area contributed by atoms with Crippen molar-refractivity contribution in [2.24, 2.45) is 5.92 Å². The van der Waals surface area contributed by atoms with Gasteiger partial charge >= 0.3 is 39.5 Å². The van der Waals surface area contributed by atoms with Gasteiger partial charge < -0.3 is 33.8 Å². The highest BCUT2D eigenvalue weighted by molar-refractivity contribution is 7.47. The summed E-state index contributed by atoms with van der Waals surface area (Å²) >= 11 is 0. The lowest BCUT2D eigenvalue weighted by Crippen LogP contribution is -2.30. The molecule has 2 unspecified atom stereocenters. The van der Waals surface area contributed by atoms with Gasteiger partial charge in [0, 0.05) is 25.7 Å². The minimum Gasteiger partial charge on any atom is -0.462 e. The van der Waals surface area contributed by atoms with Gasteiger partial charge in [0.2, 0.25) is 0 Å². The third-order valence-corrected chi connectivity index (χ3v) is 20.4. The van der Waals surface area contributed by atoms with Crippen LogP contribution in [0.5, 0.6) is 0 Å². The number of ether oxygens (including phenoxy) is 4. The van der Waals surface area contributed by atoms with Gasteiger partial charge in [0.1, 0.15) is 19.3 Å². The quantitative estimate of drug-likeness (QED) is 0.0222. The summed E-state index contributed by atoms with van der Waals surface area (Å²) in [6.45, 7) is 7.30. The van der Waals surface area contributed by atoms with E-state index in [0.29, 0.717) is 25.7 Å². The molecule has 19 heteroatoms. The smallest absolute Gasteiger partial charge is 0.462 e. The second kappa shape index (κ2) is 72.0. The number of hydrogen-bond acceptors (Lipinski definition) is 15. The fraction of sp³-hybridized carbons (Fsp3) is 0.949. The van der Waals surface area contributed by atoms with Crippen LogP contribution in [-0.4, -0.2) is 96.7 Å². The number of esters is 4. The van der Waals surface area contributed by atoms with Crippen LogP contribution >= 0.6 is 15.6 Å². The van der Waals surface area contributed by atoms with E-state index in [0.717, 1.165) is 102 Å². The van der Waals surface area contributed by atoms with Crippen molar-refractivity contribution in [2.75, 3.05) is 39.6 Å². The first kappa shape index (κ1) is 96.1. The molecule has 0 saturated carbocycles. The minimum atomic E-state index is -4.96. The van der Waals surface area contributed by atoms with Gasteiger partial charge in [0.15, 0.2) is 12.2 Å². The molecular formula is C79H154O17P2. The zero-order chi connectivity index (χ0) is 71.9. The van der Waals surface area contributed by atoms with Crippen LogP contribution < -0.4 is 0 Å². The monoisotopic (exact) mass is 1440 g/mol. The van der Waals surface area contributed by atoms with Crippen LogP contribution in [0.2, 0.25) is 0 Å². The lowest BCUT2D eigenvalue weighted by atomic mass is 10.0. The fourth-order valence-corrected chi connectivity index (χ4v) is 13.8. The van der Waals surface area contributed by atoms with Gasteiger partial charge in [0.25, 0.3) is 0 Å². The maximum Gasteiger partial charge on any atom is 0.472 e. The molecular weight excluding hydrogens is 1280 g/mol. The number of unbranched alkanes of at least 4 members (excludes halogenated alkanes) is 51. The predicted molar refractivity (Wildman–Crippen MR) is 400 cm³/mol. The summed E-state index contributed by atoms with van der Waals surface area (Å²) in [6.07, 6.45) is 62.8. The van der Waals surface area contributed by atoms with E-state index >= 15 is 0 Å². The van der Waals surface area contributed by atoms with E-state index < -0.39 is 97.5 Å². The zero-order valence-corrected chi connectivity index (χ0v) is 65.7. The summed E-state index contributed by atoms with van der Waals surface area (Å²) in [4.78, 5) is 72.7. The van der Waals surface area contributed by atoms with Gasteiger partial charge in [-0.1, -0.05) is 369 Å². The van der Waals surface area contributed by atoms with Gasteiger partial charge in [-0.2, -0.15) is 0 Å². The molecule has 0 aliphatic heterocycles. The molecule has 0 radical (unpaired) electrons. The Morgan fingerprint density at radius 3 is 0.694 bits per heavy atom. The van der Waals surface area contributed by atoms with Crippen molar-refractivity contribution in [3.8, 4) is 0 Å². The standard InChI is InChI=1S/C79H154O17P2/c1-6-9-12-15-18-21-22-23-24-25-26-27-31-34-37-40-44-48-53-58-63-77(82)90-69-75(96-79(84)65-60-55-50-45-41-38-35-32-29-28-30-33-36-39-43-46-51-56-61-72(4)5)71-94-98(87,88)92-67-73(80)66-91-97(85,86)93-70-74(68-89-76(81)62-57-52-47-20-17-14-11-8-3)95-78(83)64-59-54-49-42-19-16-13-10-7-2/h72-75,80H,6-71H2,1-5H3,(H,85,86)(H,87,88)/t73-,74+,75+/m0/s1. The number of phosphoric acid groups is 2. The maximum atomic E-state index is 13.1. The normalized spacial score (nSPS) is 13.9. The van der Waals surface area contributed by atoms with E-state index in [1.807, 2.05) is 0 Å². The van der Waals surface area contributed by atoms with Crippen LogP contribution in [0.1, 0.15) is 420 Å². The molecule has 0 aromatic carbocycles. The SMILES string of the molecule is CCCCCCCCCCCCCCCCCCCCCCC(=O)OC[C@H](COP(=O)(O)OC[C@@H](O)COP(=O)(O)OC[C@@H](COC(=O)CCCCCCCCCC)OC(=O)CCCCCCCCCCC)OC(=O)CCCCCCCCCCCCCCCCCCCCC(C)C. The van der Waals surface area contributed by atoms with E-state index in [1.165, 1.54) is 238 Å². The Morgan fingerprint density at radius 2 is 0.469 bits per heavy atom. The van der Waals surface area contributed by atoms with Gasteiger partial charge in [0.05, 0.1) is 26.4 Å². The average molecular weight is 1440 g/mol. The van der Waals surface area contributed by atoms with Crippen molar-refractivity contribution in [3.05, 3.63) is 0 Å². The molecule has 3 N–H and O–H groups in total. The summed E-state index contributed by atoms with van der Waals surface area (Å²) in [6, 6.07) is 0. The summed E-state index contributed by atoms with van der Waals surface area (Å²) in [5.41, 5.74) is 0. The number of aliphatic hydroxyl groups excluding tert-OH is 1. The largest absolute Gasteiger partial charge is 0.472 e. The fourth-order valence-electron chi connectivity index (χ4n) is 12.2. The first-order chi connectivity index (χ1) is 47.5. The van der Waals surface area contributed by atoms with E-state index in [-0.39, 0.29) is 25.7 Å². The van der Waals surface area contributed by atoms with Gasteiger partial charge in [-0.15, -0.1) is 0 Å². The molecule has 0 aromatic rings. The second-order valence-corrected chi connectivity index (χ2v) is 31.8. The molecule has 0 spiro atoms. The van der Waals surface area contributed by atoms with Crippen LogP contribution in [0.25, 0.3) is 0 Å². The molecule has 0 saturated heterocycles. The Labute approximate surface area is 600 Å². The van der Waals surface area contributed by atoms with E-state index in [1.54, 1.807) is 0 Å². The van der Waals surface area contributed by atoms with Crippen molar-refractivity contribution in [1.82, 2.24) is 0 Å². The highest BCUT2D eigenvalue weighted by atomic mass is 31.2. The lowest BCUT2D eigenvalue weighted by Gasteiger charge is -2.21. The van der Waals surface area contributed by atoms with Crippen molar-refractivity contribution in [3.63, 3.8) is 0 Å². The molecule has 5 atom stereocenters. The second-order valence-electron chi connectivity index (χ2n) is 28.9. The molecule has 0 heterocycles. The molecule has 0 bridgehead atoms. The Balaban J connectivity index is 5.14. The third-order valence-electron chi connectivity index (χ3n) is 18.5. The first-order valence-electron chi connectivity index (χ1n) is 41.1. The number of carbonyl (C=O) groups is 4. The van der Waals surface area contributed by atoms with Crippen molar-refractivity contribution < 1.29 is 80.2 Å². The molecule has 0 fully saturated rings. The van der Waals surface area contributed by atoms with E-state index in [4.69, 9.17) is 37.0 Å². The van der Waals surface area contributed by atoms with Crippen LogP contribution in [0.15, 0.2) is 0 Å². The van der Waals surface area contributed by atoms with Crippen LogP contribution in [0.3, 0.4) is 0 Å². The van der Waals surface area contributed by atoms with Crippen LogP contribution in [0.4, 0.5) is 0 Å².